The minimum atomic E-state index is -0.0685. The van der Waals surface area contributed by atoms with Crippen LogP contribution in [0.1, 0.15) is 32.3 Å². The molecular formula is C13H21N3O2. The highest BCUT2D eigenvalue weighted by Gasteiger charge is 2.29. The van der Waals surface area contributed by atoms with Crippen molar-refractivity contribution < 1.29 is 9.47 Å². The van der Waals surface area contributed by atoms with Gasteiger partial charge >= 0.3 is 0 Å². The SMILES string of the molecule is COc1ncnc(NC2CCOC(C)(C)C2)c1C. The van der Waals surface area contributed by atoms with Crippen molar-refractivity contribution in [3.05, 3.63) is 11.9 Å². The second-order valence-electron chi connectivity index (χ2n) is 5.30. The second-order valence-corrected chi connectivity index (χ2v) is 5.30. The fourth-order valence-corrected chi connectivity index (χ4v) is 2.33. The van der Waals surface area contributed by atoms with Gasteiger partial charge in [-0.2, -0.15) is 0 Å². The highest BCUT2D eigenvalue weighted by molar-refractivity contribution is 5.48. The molecule has 1 saturated heterocycles. The zero-order chi connectivity index (χ0) is 13.2. The molecule has 2 rings (SSSR count). The third-order valence-corrected chi connectivity index (χ3v) is 3.27. The summed E-state index contributed by atoms with van der Waals surface area (Å²) >= 11 is 0. The molecule has 0 aromatic carbocycles. The fourth-order valence-electron chi connectivity index (χ4n) is 2.33. The maximum absolute atomic E-state index is 5.71. The molecule has 0 radical (unpaired) electrons. The van der Waals surface area contributed by atoms with Crippen LogP contribution in [-0.2, 0) is 4.74 Å². The third kappa shape index (κ3) is 2.90. The van der Waals surface area contributed by atoms with Crippen molar-refractivity contribution in [1.82, 2.24) is 9.97 Å². The second kappa shape index (κ2) is 5.10. The van der Waals surface area contributed by atoms with Gasteiger partial charge in [0.25, 0.3) is 0 Å². The van der Waals surface area contributed by atoms with E-state index in [2.05, 4.69) is 29.1 Å². The molecule has 0 saturated carbocycles. The molecule has 1 aliphatic heterocycles. The fraction of sp³-hybridized carbons (Fsp3) is 0.692. The Labute approximate surface area is 108 Å². The summed E-state index contributed by atoms with van der Waals surface area (Å²) in [7, 11) is 1.62. The summed E-state index contributed by atoms with van der Waals surface area (Å²) in [5.41, 5.74) is 0.880. The lowest BCUT2D eigenvalue weighted by molar-refractivity contribution is -0.0553. The van der Waals surface area contributed by atoms with Crippen LogP contribution in [0.3, 0.4) is 0 Å². The van der Waals surface area contributed by atoms with E-state index in [-0.39, 0.29) is 5.60 Å². The first-order valence-corrected chi connectivity index (χ1v) is 6.28. The average molecular weight is 251 g/mol. The molecule has 0 aliphatic carbocycles. The van der Waals surface area contributed by atoms with Crippen LogP contribution in [0.15, 0.2) is 6.33 Å². The lowest BCUT2D eigenvalue weighted by Gasteiger charge is -2.36. The molecule has 100 valence electrons. The number of anilines is 1. The first kappa shape index (κ1) is 13.1. The Morgan fingerprint density at radius 2 is 2.22 bits per heavy atom. The van der Waals surface area contributed by atoms with E-state index in [0.29, 0.717) is 11.9 Å². The number of rotatable bonds is 3. The molecular weight excluding hydrogens is 230 g/mol. The van der Waals surface area contributed by atoms with Gasteiger partial charge < -0.3 is 14.8 Å². The van der Waals surface area contributed by atoms with Gasteiger partial charge in [-0.3, -0.25) is 0 Å². The molecule has 1 atom stereocenters. The van der Waals surface area contributed by atoms with Crippen molar-refractivity contribution in [2.75, 3.05) is 19.0 Å². The predicted octanol–water partition coefficient (Wildman–Crippen LogP) is 2.16. The van der Waals surface area contributed by atoms with Crippen molar-refractivity contribution in [2.45, 2.75) is 45.3 Å². The van der Waals surface area contributed by atoms with Gasteiger partial charge in [-0.15, -0.1) is 0 Å². The smallest absolute Gasteiger partial charge is 0.221 e. The Morgan fingerprint density at radius 1 is 1.44 bits per heavy atom. The molecule has 2 heterocycles. The van der Waals surface area contributed by atoms with Crippen LogP contribution in [0.5, 0.6) is 5.88 Å². The summed E-state index contributed by atoms with van der Waals surface area (Å²) in [5, 5.41) is 3.47. The van der Waals surface area contributed by atoms with Crippen LogP contribution in [-0.4, -0.2) is 35.3 Å². The summed E-state index contributed by atoms with van der Waals surface area (Å²) in [4.78, 5) is 8.37. The van der Waals surface area contributed by atoms with Gasteiger partial charge in [-0.25, -0.2) is 9.97 Å². The van der Waals surface area contributed by atoms with Gasteiger partial charge in [0.05, 0.1) is 18.3 Å². The standard InChI is InChI=1S/C13H21N3O2/c1-9-11(14-8-15-12(9)17-4)16-10-5-6-18-13(2,3)7-10/h8,10H,5-7H2,1-4H3,(H,14,15,16). The van der Waals surface area contributed by atoms with Crippen LogP contribution >= 0.6 is 0 Å². The summed E-state index contributed by atoms with van der Waals surface area (Å²) in [5.74, 6) is 1.48. The zero-order valence-corrected chi connectivity index (χ0v) is 11.5. The number of hydrogen-bond donors (Lipinski definition) is 1. The number of nitrogens with one attached hydrogen (secondary N) is 1. The molecule has 1 fully saturated rings. The first-order valence-electron chi connectivity index (χ1n) is 6.28. The Kier molecular flexibility index (Phi) is 3.71. The molecule has 5 heteroatoms. The van der Waals surface area contributed by atoms with Crippen molar-refractivity contribution in [3.8, 4) is 5.88 Å². The van der Waals surface area contributed by atoms with Crippen molar-refractivity contribution >= 4 is 5.82 Å². The quantitative estimate of drug-likeness (QED) is 0.892. The molecule has 18 heavy (non-hydrogen) atoms. The number of methoxy groups -OCH3 is 1. The van der Waals surface area contributed by atoms with Crippen LogP contribution in [0.25, 0.3) is 0 Å². The Morgan fingerprint density at radius 3 is 2.89 bits per heavy atom. The molecule has 1 unspecified atom stereocenters. The first-order chi connectivity index (χ1) is 8.52. The Bertz CT molecular complexity index is 421. The van der Waals surface area contributed by atoms with Crippen LogP contribution in [0, 0.1) is 6.92 Å². The van der Waals surface area contributed by atoms with E-state index in [4.69, 9.17) is 9.47 Å². The largest absolute Gasteiger partial charge is 0.481 e. The summed E-state index contributed by atoms with van der Waals surface area (Å²) in [6, 6.07) is 0.382. The number of ether oxygens (including phenoxy) is 2. The van der Waals surface area contributed by atoms with Crippen LogP contribution < -0.4 is 10.1 Å². The van der Waals surface area contributed by atoms with Gasteiger partial charge in [-0.1, -0.05) is 0 Å². The van der Waals surface area contributed by atoms with Crippen molar-refractivity contribution in [3.63, 3.8) is 0 Å². The minimum absolute atomic E-state index is 0.0685. The maximum atomic E-state index is 5.71. The average Bonchev–Trinajstić information content (AvgIpc) is 2.31. The van der Waals surface area contributed by atoms with E-state index in [9.17, 15) is 0 Å². The molecule has 5 nitrogen and oxygen atoms in total. The predicted molar refractivity (Wildman–Crippen MR) is 70.0 cm³/mol. The lowest BCUT2D eigenvalue weighted by atomic mass is 9.94. The highest BCUT2D eigenvalue weighted by Crippen LogP contribution is 2.28. The maximum Gasteiger partial charge on any atom is 0.221 e. The number of nitrogens with zero attached hydrogens (tertiary/aromatic N) is 2. The monoisotopic (exact) mass is 251 g/mol. The van der Waals surface area contributed by atoms with Crippen LogP contribution in [0.4, 0.5) is 5.82 Å². The molecule has 0 amide bonds. The van der Waals surface area contributed by atoms with Crippen molar-refractivity contribution in [1.29, 1.82) is 0 Å². The van der Waals surface area contributed by atoms with E-state index in [1.54, 1.807) is 7.11 Å². The zero-order valence-electron chi connectivity index (χ0n) is 11.5. The molecule has 1 N–H and O–H groups in total. The van der Waals surface area contributed by atoms with E-state index in [1.165, 1.54) is 6.33 Å². The molecule has 0 bridgehead atoms. The van der Waals surface area contributed by atoms with E-state index >= 15 is 0 Å². The molecule has 1 aliphatic rings. The van der Waals surface area contributed by atoms with E-state index < -0.39 is 0 Å². The van der Waals surface area contributed by atoms with Gasteiger partial charge in [0.2, 0.25) is 5.88 Å². The minimum Gasteiger partial charge on any atom is -0.481 e. The molecule has 0 spiro atoms. The summed E-state index contributed by atoms with van der Waals surface area (Å²) in [6.45, 7) is 6.99. The van der Waals surface area contributed by atoms with Gasteiger partial charge in [0, 0.05) is 12.6 Å². The third-order valence-electron chi connectivity index (χ3n) is 3.27. The summed E-state index contributed by atoms with van der Waals surface area (Å²) in [6.07, 6.45) is 3.49. The number of aromatic nitrogens is 2. The van der Waals surface area contributed by atoms with Crippen LogP contribution in [0.2, 0.25) is 0 Å². The normalized spacial score (nSPS) is 22.6. The molecule has 1 aromatic rings. The highest BCUT2D eigenvalue weighted by atomic mass is 16.5. The summed E-state index contributed by atoms with van der Waals surface area (Å²) < 4.78 is 10.9. The van der Waals surface area contributed by atoms with Gasteiger partial charge in [0.15, 0.2) is 0 Å². The van der Waals surface area contributed by atoms with Crippen molar-refractivity contribution in [2.24, 2.45) is 0 Å². The van der Waals surface area contributed by atoms with E-state index in [1.807, 2.05) is 6.92 Å². The molecule has 1 aromatic heterocycles. The topological polar surface area (TPSA) is 56.3 Å². The van der Waals surface area contributed by atoms with Gasteiger partial charge in [-0.05, 0) is 33.6 Å². The number of hydrogen-bond acceptors (Lipinski definition) is 5. The van der Waals surface area contributed by atoms with E-state index in [0.717, 1.165) is 30.8 Å². The lowest BCUT2D eigenvalue weighted by Crippen LogP contribution is -2.40. The van der Waals surface area contributed by atoms with Gasteiger partial charge in [0.1, 0.15) is 12.1 Å². The Hall–Kier alpha value is -1.36. The Balaban J connectivity index is 2.09.